The molecule has 0 bridgehead atoms. The van der Waals surface area contributed by atoms with Gasteiger partial charge in [-0.05, 0) is 6.42 Å². The molecule has 0 fully saturated rings. The van der Waals surface area contributed by atoms with Gasteiger partial charge in [-0.25, -0.2) is 4.99 Å². The first kappa shape index (κ1) is 13.4. The Morgan fingerprint density at radius 2 is 2.00 bits per heavy atom. The van der Waals surface area contributed by atoms with Crippen molar-refractivity contribution in [1.82, 2.24) is 0 Å². The van der Waals surface area contributed by atoms with Gasteiger partial charge in [0.2, 0.25) is 5.90 Å². The second-order valence-corrected chi connectivity index (χ2v) is 5.66. The molecule has 1 rings (SSSR count). The van der Waals surface area contributed by atoms with E-state index in [4.69, 9.17) is 46.4 Å². The van der Waals surface area contributed by atoms with E-state index in [9.17, 15) is 9.90 Å². The SMILES string of the molecule is CCC(Cl)(Cl)C1N=C(O)C(Cl)C(=O)C1Cl. The van der Waals surface area contributed by atoms with Crippen molar-refractivity contribution in [2.24, 2.45) is 4.99 Å². The topological polar surface area (TPSA) is 49.7 Å². The van der Waals surface area contributed by atoms with Crippen molar-refractivity contribution < 1.29 is 9.90 Å². The smallest absolute Gasteiger partial charge is 0.207 e. The predicted octanol–water partition coefficient (Wildman–Crippen LogP) is 2.69. The first-order valence-corrected chi connectivity index (χ1v) is 5.90. The van der Waals surface area contributed by atoms with Gasteiger partial charge in [0.25, 0.3) is 0 Å². The molecule has 1 N–H and O–H groups in total. The Bertz CT molecular complexity index is 305. The van der Waals surface area contributed by atoms with Crippen LogP contribution in [-0.4, -0.2) is 37.9 Å². The number of rotatable bonds is 2. The summed E-state index contributed by atoms with van der Waals surface area (Å²) >= 11 is 23.3. The van der Waals surface area contributed by atoms with Crippen LogP contribution in [0, 0.1) is 0 Å². The number of hydrogen-bond acceptors (Lipinski definition) is 2. The fraction of sp³-hybridized carbons (Fsp3) is 0.750. The molecule has 0 amide bonds. The zero-order valence-electron chi connectivity index (χ0n) is 7.75. The van der Waals surface area contributed by atoms with Gasteiger partial charge in [-0.15, -0.1) is 23.2 Å². The summed E-state index contributed by atoms with van der Waals surface area (Å²) in [7, 11) is 0. The van der Waals surface area contributed by atoms with Gasteiger partial charge in [-0.2, -0.15) is 0 Å². The van der Waals surface area contributed by atoms with Crippen LogP contribution in [0.15, 0.2) is 4.99 Å². The van der Waals surface area contributed by atoms with E-state index in [2.05, 4.69) is 4.99 Å². The Morgan fingerprint density at radius 1 is 1.47 bits per heavy atom. The maximum Gasteiger partial charge on any atom is 0.207 e. The number of aliphatic imine (C=N–C) groups is 1. The Kier molecular flexibility index (Phi) is 4.15. The van der Waals surface area contributed by atoms with Crippen molar-refractivity contribution in [2.45, 2.75) is 34.5 Å². The molecule has 1 aliphatic heterocycles. The highest BCUT2D eigenvalue weighted by atomic mass is 35.5. The molecule has 1 aliphatic rings. The molecule has 0 aromatic carbocycles. The highest BCUT2D eigenvalue weighted by Crippen LogP contribution is 2.37. The number of carbonyl (C=O) groups is 1. The Balaban J connectivity index is 3.06. The molecule has 0 saturated heterocycles. The maximum absolute atomic E-state index is 11.5. The molecule has 86 valence electrons. The van der Waals surface area contributed by atoms with Crippen LogP contribution in [0.3, 0.4) is 0 Å². The quantitative estimate of drug-likeness (QED) is 0.796. The Labute approximate surface area is 107 Å². The Morgan fingerprint density at radius 3 is 2.47 bits per heavy atom. The van der Waals surface area contributed by atoms with Gasteiger partial charge in [0.15, 0.2) is 11.2 Å². The van der Waals surface area contributed by atoms with Crippen LogP contribution in [0.2, 0.25) is 0 Å². The number of carbonyl (C=O) groups excluding carboxylic acids is 1. The standard InChI is InChI=1S/C8H9Cl4NO2/c1-2-8(11,12)6-3(9)5(14)4(10)7(15)13-6/h3-4,6H,2H2,1H3,(H,13,15). The molecule has 0 saturated carbocycles. The second-order valence-electron chi connectivity index (χ2n) is 3.21. The van der Waals surface area contributed by atoms with E-state index >= 15 is 0 Å². The maximum atomic E-state index is 11.5. The lowest BCUT2D eigenvalue weighted by Gasteiger charge is -2.32. The average Bonchev–Trinajstić information content (AvgIpc) is 2.20. The normalized spacial score (nSPS) is 32.7. The number of Topliss-reactive ketones (excluding diaryl/α,β-unsaturated/α-hetero) is 1. The molecule has 0 radical (unpaired) electrons. The van der Waals surface area contributed by atoms with Gasteiger partial charge in [-0.1, -0.05) is 30.1 Å². The van der Waals surface area contributed by atoms with E-state index in [1.807, 2.05) is 0 Å². The zero-order chi connectivity index (χ0) is 11.8. The predicted molar refractivity (Wildman–Crippen MR) is 62.9 cm³/mol. The summed E-state index contributed by atoms with van der Waals surface area (Å²) in [6.45, 7) is 1.73. The summed E-state index contributed by atoms with van der Waals surface area (Å²) in [6.07, 6.45) is 0.348. The monoisotopic (exact) mass is 291 g/mol. The van der Waals surface area contributed by atoms with Crippen molar-refractivity contribution in [3.05, 3.63) is 0 Å². The fourth-order valence-corrected chi connectivity index (χ4v) is 2.35. The largest absolute Gasteiger partial charge is 0.495 e. The van der Waals surface area contributed by atoms with Crippen molar-refractivity contribution in [3.8, 4) is 0 Å². The van der Waals surface area contributed by atoms with Crippen LogP contribution in [-0.2, 0) is 4.79 Å². The number of halogens is 4. The summed E-state index contributed by atoms with van der Waals surface area (Å²) < 4.78 is -1.28. The minimum absolute atomic E-state index is 0.348. The van der Waals surface area contributed by atoms with Crippen molar-refractivity contribution in [2.75, 3.05) is 0 Å². The van der Waals surface area contributed by atoms with Crippen molar-refractivity contribution >= 4 is 58.1 Å². The lowest BCUT2D eigenvalue weighted by Crippen LogP contribution is -2.49. The van der Waals surface area contributed by atoms with Crippen LogP contribution < -0.4 is 0 Å². The molecular formula is C8H9Cl4NO2. The summed E-state index contributed by atoms with van der Waals surface area (Å²) in [6, 6.07) is -0.880. The first-order valence-electron chi connectivity index (χ1n) is 4.27. The van der Waals surface area contributed by atoms with Crippen molar-refractivity contribution in [3.63, 3.8) is 0 Å². The van der Waals surface area contributed by atoms with Gasteiger partial charge < -0.3 is 5.11 Å². The summed E-state index contributed by atoms with van der Waals surface area (Å²) in [4.78, 5) is 15.2. The fourth-order valence-electron chi connectivity index (χ4n) is 1.21. The molecule has 0 aliphatic carbocycles. The van der Waals surface area contributed by atoms with Crippen molar-refractivity contribution in [1.29, 1.82) is 0 Å². The minimum Gasteiger partial charge on any atom is -0.495 e. The number of ketones is 1. The van der Waals surface area contributed by atoms with E-state index in [1.54, 1.807) is 6.92 Å². The number of aliphatic hydroxyl groups is 1. The molecule has 3 nitrogen and oxygen atoms in total. The zero-order valence-corrected chi connectivity index (χ0v) is 10.8. The van der Waals surface area contributed by atoms with Gasteiger partial charge in [-0.3, -0.25) is 4.79 Å². The molecule has 0 spiro atoms. The number of hydrogen-bond donors (Lipinski definition) is 1. The third-order valence-corrected chi connectivity index (χ3v) is 4.05. The number of aliphatic hydroxyl groups excluding tert-OH is 1. The lowest BCUT2D eigenvalue weighted by atomic mass is 9.99. The molecular weight excluding hydrogens is 284 g/mol. The van der Waals surface area contributed by atoms with Crippen LogP contribution in [0.5, 0.6) is 0 Å². The molecule has 0 aromatic rings. The van der Waals surface area contributed by atoms with Crippen LogP contribution in [0.4, 0.5) is 0 Å². The van der Waals surface area contributed by atoms with E-state index in [-0.39, 0.29) is 0 Å². The van der Waals surface area contributed by atoms with E-state index in [0.29, 0.717) is 6.42 Å². The first-order chi connectivity index (χ1) is 6.81. The van der Waals surface area contributed by atoms with Gasteiger partial charge in [0, 0.05) is 0 Å². The van der Waals surface area contributed by atoms with Crippen LogP contribution in [0.1, 0.15) is 13.3 Å². The van der Waals surface area contributed by atoms with Crippen LogP contribution >= 0.6 is 46.4 Å². The van der Waals surface area contributed by atoms with Gasteiger partial charge in [0.1, 0.15) is 15.8 Å². The van der Waals surface area contributed by atoms with E-state index in [1.165, 1.54) is 0 Å². The third-order valence-electron chi connectivity index (χ3n) is 2.20. The summed E-state index contributed by atoms with van der Waals surface area (Å²) in [5.41, 5.74) is 0. The molecule has 7 heteroatoms. The van der Waals surface area contributed by atoms with Crippen LogP contribution in [0.25, 0.3) is 0 Å². The molecule has 3 atom stereocenters. The number of nitrogens with zero attached hydrogens (tertiary/aromatic N) is 1. The molecule has 15 heavy (non-hydrogen) atoms. The Hall–Kier alpha value is 0.300. The van der Waals surface area contributed by atoms with E-state index < -0.39 is 32.8 Å². The van der Waals surface area contributed by atoms with Gasteiger partial charge in [0.05, 0.1) is 0 Å². The molecule has 0 aromatic heterocycles. The lowest BCUT2D eigenvalue weighted by molar-refractivity contribution is -0.118. The molecule has 1 heterocycles. The summed E-state index contributed by atoms with van der Waals surface area (Å²) in [5.74, 6) is -1.02. The average molecular weight is 293 g/mol. The minimum atomic E-state index is -1.28. The highest BCUT2D eigenvalue weighted by Gasteiger charge is 2.47. The molecule has 3 unspecified atom stereocenters. The highest BCUT2D eigenvalue weighted by molar-refractivity contribution is 6.52. The summed E-state index contributed by atoms with van der Waals surface area (Å²) in [5, 5.41) is 7.10. The number of alkyl halides is 4. The van der Waals surface area contributed by atoms with E-state index in [0.717, 1.165) is 0 Å². The third kappa shape index (κ3) is 2.52. The second kappa shape index (κ2) is 4.66. The van der Waals surface area contributed by atoms with Gasteiger partial charge >= 0.3 is 0 Å².